The first-order valence-electron chi connectivity index (χ1n) is 11.4. The van der Waals surface area contributed by atoms with E-state index in [1.807, 2.05) is 13.8 Å². The van der Waals surface area contributed by atoms with Gasteiger partial charge in [-0.15, -0.1) is 0 Å². The zero-order chi connectivity index (χ0) is 26.7. The molecule has 2 heterocycles. The molecule has 0 spiro atoms. The number of nitrogens with one attached hydrogen (secondary N) is 3. The fraction of sp³-hybridized carbons (Fsp3) is 0.231. The summed E-state index contributed by atoms with van der Waals surface area (Å²) >= 11 is 1.13. The average Bonchev–Trinajstić information content (AvgIpc) is 3.37. The van der Waals surface area contributed by atoms with Crippen molar-refractivity contribution >= 4 is 34.5 Å². The number of hydrogen-bond acceptors (Lipinski definition) is 6. The van der Waals surface area contributed by atoms with Gasteiger partial charge in [-0.1, -0.05) is 37.7 Å². The minimum atomic E-state index is -0.728. The molecule has 4 rings (SSSR count). The van der Waals surface area contributed by atoms with Gasteiger partial charge in [-0.3, -0.25) is 14.4 Å². The second-order valence-corrected chi connectivity index (χ2v) is 9.56. The lowest BCUT2D eigenvalue weighted by Crippen LogP contribution is -2.48. The van der Waals surface area contributed by atoms with Gasteiger partial charge < -0.3 is 20.0 Å². The van der Waals surface area contributed by atoms with Crippen LogP contribution in [0.2, 0.25) is 0 Å². The third kappa shape index (κ3) is 5.88. The van der Waals surface area contributed by atoms with Gasteiger partial charge in [0.2, 0.25) is 5.91 Å². The second kappa shape index (κ2) is 11.0. The van der Waals surface area contributed by atoms with Crippen LogP contribution in [0.1, 0.15) is 30.0 Å². The Morgan fingerprint density at radius 1 is 1.11 bits per heavy atom. The number of likely N-dealkylation sites (N-methyl/N-ethyl adjacent to an activating group) is 1. The molecular formula is C26H24F2N4O4S. The fourth-order valence-electron chi connectivity index (χ4n) is 3.64. The summed E-state index contributed by atoms with van der Waals surface area (Å²) in [7, 11) is 1.49. The quantitative estimate of drug-likeness (QED) is 0.233. The zero-order valence-corrected chi connectivity index (χ0v) is 21.0. The number of halogens is 2. The Kier molecular flexibility index (Phi) is 7.72. The number of thioether (sulfide) groups is 1. The van der Waals surface area contributed by atoms with Gasteiger partial charge in [0, 0.05) is 18.4 Å². The van der Waals surface area contributed by atoms with Crippen LogP contribution in [0.4, 0.5) is 8.78 Å². The van der Waals surface area contributed by atoms with Crippen LogP contribution in [0.25, 0.3) is 22.2 Å². The van der Waals surface area contributed by atoms with Gasteiger partial charge in [-0.2, -0.15) is 0 Å². The molecule has 0 fully saturated rings. The highest BCUT2D eigenvalue weighted by atomic mass is 32.2. The number of carbonyl (C=O) groups excluding carboxylic acids is 2. The van der Waals surface area contributed by atoms with Crippen LogP contribution in [0.5, 0.6) is 0 Å². The van der Waals surface area contributed by atoms with Crippen LogP contribution < -0.4 is 16.2 Å². The summed E-state index contributed by atoms with van der Waals surface area (Å²) in [6, 6.07) is 10.5. The largest absolute Gasteiger partial charge is 0.451 e. The number of aromatic nitrogens is 2. The number of hydrogen-bond donors (Lipinski definition) is 3. The Bertz CT molecular complexity index is 1530. The van der Waals surface area contributed by atoms with Gasteiger partial charge in [0.15, 0.2) is 10.9 Å². The van der Waals surface area contributed by atoms with Gasteiger partial charge in [-0.25, -0.2) is 13.8 Å². The van der Waals surface area contributed by atoms with Crippen molar-refractivity contribution in [3.8, 4) is 11.3 Å². The van der Waals surface area contributed by atoms with Crippen LogP contribution in [-0.2, 0) is 10.5 Å². The summed E-state index contributed by atoms with van der Waals surface area (Å²) < 4.78 is 33.9. The van der Waals surface area contributed by atoms with E-state index < -0.39 is 29.1 Å². The Hall–Kier alpha value is -3.99. The highest BCUT2D eigenvalue weighted by Crippen LogP contribution is 2.27. The summed E-state index contributed by atoms with van der Waals surface area (Å²) in [4.78, 5) is 43.7. The first kappa shape index (κ1) is 26.1. The highest BCUT2D eigenvalue weighted by molar-refractivity contribution is 7.98. The van der Waals surface area contributed by atoms with Crippen molar-refractivity contribution in [3.05, 3.63) is 81.8 Å². The first-order chi connectivity index (χ1) is 17.7. The number of benzene rings is 2. The molecule has 0 bridgehead atoms. The van der Waals surface area contributed by atoms with Crippen molar-refractivity contribution in [2.24, 2.45) is 5.92 Å². The van der Waals surface area contributed by atoms with Crippen LogP contribution in [-0.4, -0.2) is 34.9 Å². The van der Waals surface area contributed by atoms with Crippen LogP contribution >= 0.6 is 11.8 Å². The molecule has 8 nitrogen and oxygen atoms in total. The predicted octanol–water partition coefficient (Wildman–Crippen LogP) is 4.25. The summed E-state index contributed by atoms with van der Waals surface area (Å²) in [5.74, 6) is -1.57. The van der Waals surface area contributed by atoms with Gasteiger partial charge in [0.05, 0.1) is 10.9 Å². The van der Waals surface area contributed by atoms with Crippen molar-refractivity contribution in [2.45, 2.75) is 30.8 Å². The number of nitrogens with zero attached hydrogens (tertiary/aromatic N) is 1. The molecule has 0 aliphatic carbocycles. The molecule has 37 heavy (non-hydrogen) atoms. The molecule has 0 saturated carbocycles. The van der Waals surface area contributed by atoms with Crippen LogP contribution in [0.3, 0.4) is 0 Å². The molecule has 0 aliphatic heterocycles. The van der Waals surface area contributed by atoms with E-state index in [0.717, 1.165) is 17.8 Å². The van der Waals surface area contributed by atoms with Crippen LogP contribution in [0, 0.1) is 17.6 Å². The number of H-pyrrole nitrogens is 1. The topological polar surface area (TPSA) is 117 Å². The number of fused-ring (bicyclic) bond motifs is 1. The standard InChI is InChI=1S/C26H24F2N4O4S/c1-13(2)22(25(35)29-3)31-24(34)21-9-8-20(36-21)14-4-5-15(18(28)10-14)12-37-26-30-19-7-6-16(27)11-17(19)23(33)32-26/h4-11,13,22H,12H2,1-3H3,(H,29,35)(H,31,34)(H,30,32,33)/t22-/m0/s1. The zero-order valence-electron chi connectivity index (χ0n) is 20.2. The normalized spacial score (nSPS) is 12.1. The fourth-order valence-corrected chi connectivity index (χ4v) is 4.49. The summed E-state index contributed by atoms with van der Waals surface area (Å²) in [6.07, 6.45) is 0. The lowest BCUT2D eigenvalue weighted by Gasteiger charge is -2.19. The van der Waals surface area contributed by atoms with E-state index in [9.17, 15) is 23.2 Å². The average molecular weight is 527 g/mol. The molecule has 0 radical (unpaired) electrons. The minimum Gasteiger partial charge on any atom is -0.451 e. The van der Waals surface area contributed by atoms with Gasteiger partial charge in [0.25, 0.3) is 11.5 Å². The maximum atomic E-state index is 14.9. The van der Waals surface area contributed by atoms with E-state index in [1.165, 1.54) is 31.3 Å². The molecule has 192 valence electrons. The minimum absolute atomic E-state index is 0.00388. The summed E-state index contributed by atoms with van der Waals surface area (Å²) in [5.41, 5.74) is 0.661. The van der Waals surface area contributed by atoms with E-state index in [4.69, 9.17) is 4.42 Å². The molecule has 2 aromatic heterocycles. The molecule has 4 aromatic rings. The predicted molar refractivity (Wildman–Crippen MR) is 136 cm³/mol. The lowest BCUT2D eigenvalue weighted by molar-refractivity contribution is -0.123. The van der Waals surface area contributed by atoms with E-state index in [2.05, 4.69) is 20.6 Å². The number of aromatic amines is 1. The Balaban J connectivity index is 1.46. The van der Waals surface area contributed by atoms with E-state index in [1.54, 1.807) is 18.2 Å². The van der Waals surface area contributed by atoms with Crippen molar-refractivity contribution < 1.29 is 22.8 Å². The van der Waals surface area contributed by atoms with E-state index in [0.29, 0.717) is 16.6 Å². The van der Waals surface area contributed by atoms with Gasteiger partial charge in [0.1, 0.15) is 23.4 Å². The molecule has 0 aliphatic rings. The third-order valence-corrected chi connectivity index (χ3v) is 6.58. The van der Waals surface area contributed by atoms with Gasteiger partial charge in [-0.05, 0) is 47.9 Å². The number of rotatable bonds is 8. The molecule has 2 amide bonds. The summed E-state index contributed by atoms with van der Waals surface area (Å²) in [6.45, 7) is 3.62. The number of amides is 2. The van der Waals surface area contributed by atoms with Gasteiger partial charge >= 0.3 is 0 Å². The maximum absolute atomic E-state index is 14.9. The molecule has 11 heteroatoms. The smallest absolute Gasteiger partial charge is 0.287 e. The number of carbonyl (C=O) groups is 2. The number of furan rings is 1. The Morgan fingerprint density at radius 2 is 1.89 bits per heavy atom. The van der Waals surface area contributed by atoms with Crippen molar-refractivity contribution in [3.63, 3.8) is 0 Å². The van der Waals surface area contributed by atoms with E-state index >= 15 is 0 Å². The highest BCUT2D eigenvalue weighted by Gasteiger charge is 2.25. The summed E-state index contributed by atoms with van der Waals surface area (Å²) in [5, 5.41) is 5.59. The SMILES string of the molecule is CNC(=O)[C@@H](NC(=O)c1ccc(-c2ccc(CSc3nc4ccc(F)cc4c(=O)[nH]3)c(F)c2)o1)C(C)C. The Morgan fingerprint density at radius 3 is 2.59 bits per heavy atom. The first-order valence-corrected chi connectivity index (χ1v) is 12.4. The molecular weight excluding hydrogens is 502 g/mol. The lowest BCUT2D eigenvalue weighted by atomic mass is 10.0. The van der Waals surface area contributed by atoms with Crippen LogP contribution in [0.15, 0.2) is 62.9 Å². The third-order valence-electron chi connectivity index (χ3n) is 5.66. The molecule has 0 unspecified atom stereocenters. The molecule has 3 N–H and O–H groups in total. The second-order valence-electron chi connectivity index (χ2n) is 8.60. The molecule has 2 aromatic carbocycles. The van der Waals surface area contributed by atoms with Crippen molar-refractivity contribution in [1.29, 1.82) is 0 Å². The monoisotopic (exact) mass is 526 g/mol. The molecule has 1 atom stereocenters. The Labute approximate surface area is 214 Å². The van der Waals surface area contributed by atoms with Crippen molar-refractivity contribution in [1.82, 2.24) is 20.6 Å². The van der Waals surface area contributed by atoms with E-state index in [-0.39, 0.29) is 39.6 Å². The van der Waals surface area contributed by atoms with Crippen molar-refractivity contribution in [2.75, 3.05) is 7.05 Å². The maximum Gasteiger partial charge on any atom is 0.287 e. The molecule has 0 saturated heterocycles.